The van der Waals surface area contributed by atoms with Crippen LogP contribution in [-0.2, 0) is 18.4 Å². The topological polar surface area (TPSA) is 94.0 Å². The predicted octanol–water partition coefficient (Wildman–Crippen LogP) is 9.07. The molecule has 0 aliphatic rings. The Bertz CT molecular complexity index is 1240. The number of benzene rings is 2. The number of nitrogens with two attached hydrogens (primary N) is 1. The zero-order chi connectivity index (χ0) is 33.1. The third kappa shape index (κ3) is 12.2. The molecule has 1 aromatic heterocycles. The molecule has 1 atom stereocenters. The molecule has 238 valence electrons. The lowest BCUT2D eigenvalue weighted by Crippen LogP contribution is -2.36. The first kappa shape index (κ1) is 39.8. The Labute approximate surface area is 264 Å². The Kier molecular flexibility index (Phi) is 19.2. The lowest BCUT2D eigenvalue weighted by molar-refractivity contribution is 0.109. The average molecular weight is 613 g/mol. The molecule has 0 bridgehead atoms. The largest absolute Gasteiger partial charge is 0.489 e. The Hall–Kier alpha value is -3.15. The summed E-state index contributed by atoms with van der Waals surface area (Å²) in [6.07, 6.45) is 5.25. The van der Waals surface area contributed by atoms with Crippen LogP contribution >= 0.6 is 11.8 Å². The van der Waals surface area contributed by atoms with Crippen molar-refractivity contribution in [3.63, 3.8) is 0 Å². The highest BCUT2D eigenvalue weighted by atomic mass is 32.2. The molecule has 3 aromatic rings. The molecule has 0 radical (unpaired) electrons. The standard InChI is InChI=1S/C29H35FN4O2S.3C2H6/c1-6-7-20-14-23(15-21(16-31)26(20)36-19-29(4,30)18-32)28(2,3)22-8-10-25(11-9-22)35-17-24-12-13-33-27(34-24)37-5;3*1-2/h8-15H,6-7,17-19,32H2,1-5H3;3*1-2H3. The van der Waals surface area contributed by atoms with E-state index in [2.05, 4.69) is 42.9 Å². The van der Waals surface area contributed by atoms with Crippen LogP contribution in [0.5, 0.6) is 11.5 Å². The van der Waals surface area contributed by atoms with E-state index < -0.39 is 11.1 Å². The Morgan fingerprint density at radius 2 is 1.58 bits per heavy atom. The third-order valence-electron chi connectivity index (χ3n) is 6.31. The Balaban J connectivity index is 0.00000276. The van der Waals surface area contributed by atoms with Crippen molar-refractivity contribution in [2.45, 2.75) is 105 Å². The van der Waals surface area contributed by atoms with Gasteiger partial charge in [-0.25, -0.2) is 14.4 Å². The summed E-state index contributed by atoms with van der Waals surface area (Å²) < 4.78 is 26.2. The maximum atomic E-state index is 14.4. The van der Waals surface area contributed by atoms with Crippen LogP contribution in [0.4, 0.5) is 4.39 Å². The summed E-state index contributed by atoms with van der Waals surface area (Å²) in [4.78, 5) is 8.63. The highest BCUT2D eigenvalue weighted by molar-refractivity contribution is 7.98. The van der Waals surface area contributed by atoms with Crippen molar-refractivity contribution in [1.29, 1.82) is 5.26 Å². The van der Waals surface area contributed by atoms with Crippen LogP contribution in [0, 0.1) is 11.3 Å². The normalized spacial score (nSPS) is 11.6. The van der Waals surface area contributed by atoms with E-state index in [4.69, 9.17) is 15.2 Å². The van der Waals surface area contributed by atoms with Crippen LogP contribution in [0.1, 0.15) is 104 Å². The summed E-state index contributed by atoms with van der Waals surface area (Å²) in [6.45, 7) is 19.7. The summed E-state index contributed by atoms with van der Waals surface area (Å²) in [6, 6.07) is 16.0. The minimum Gasteiger partial charge on any atom is -0.489 e. The molecule has 1 unspecified atom stereocenters. The molecule has 2 aromatic carbocycles. The minimum absolute atomic E-state index is 0.152. The van der Waals surface area contributed by atoms with E-state index in [-0.39, 0.29) is 13.2 Å². The number of thioether (sulfide) groups is 1. The summed E-state index contributed by atoms with van der Waals surface area (Å²) in [5.74, 6) is 1.19. The SMILES string of the molecule is CC.CC.CC.CCCc1cc(C(C)(C)c2ccc(OCc3ccnc(SC)n3)cc2)cc(C#N)c1OCC(C)(F)CN. The van der Waals surface area contributed by atoms with Crippen LogP contribution in [0.2, 0.25) is 0 Å². The smallest absolute Gasteiger partial charge is 0.187 e. The van der Waals surface area contributed by atoms with Crippen LogP contribution in [0.3, 0.4) is 0 Å². The molecular formula is C35H53FN4O2S. The summed E-state index contributed by atoms with van der Waals surface area (Å²) in [5.41, 5.74) is 7.64. The van der Waals surface area contributed by atoms with Gasteiger partial charge < -0.3 is 15.2 Å². The first-order chi connectivity index (χ1) is 20.6. The fourth-order valence-electron chi connectivity index (χ4n) is 3.89. The number of ether oxygens (including phenoxy) is 2. The minimum atomic E-state index is -1.66. The molecule has 0 aliphatic heterocycles. The van der Waals surface area contributed by atoms with Gasteiger partial charge in [0.15, 0.2) is 10.8 Å². The number of nitriles is 1. The fourth-order valence-corrected chi connectivity index (χ4v) is 4.26. The first-order valence-electron chi connectivity index (χ1n) is 15.3. The molecular weight excluding hydrogens is 559 g/mol. The molecule has 0 saturated heterocycles. The van der Waals surface area contributed by atoms with Crippen LogP contribution < -0.4 is 15.2 Å². The Morgan fingerprint density at radius 3 is 2.12 bits per heavy atom. The van der Waals surface area contributed by atoms with Gasteiger partial charge >= 0.3 is 0 Å². The Morgan fingerprint density at radius 1 is 0.953 bits per heavy atom. The second-order valence-corrected chi connectivity index (χ2v) is 10.5. The number of nitrogens with zero attached hydrogens (tertiary/aromatic N) is 3. The van der Waals surface area contributed by atoms with Gasteiger partial charge in [-0.15, -0.1) is 0 Å². The van der Waals surface area contributed by atoms with Gasteiger partial charge in [0.25, 0.3) is 0 Å². The number of aryl methyl sites for hydroxylation is 1. The van der Waals surface area contributed by atoms with E-state index in [1.54, 1.807) is 6.20 Å². The van der Waals surface area contributed by atoms with E-state index in [1.807, 2.05) is 84.2 Å². The maximum Gasteiger partial charge on any atom is 0.187 e. The van der Waals surface area contributed by atoms with Gasteiger partial charge in [0, 0.05) is 18.2 Å². The lowest BCUT2D eigenvalue weighted by atomic mass is 9.76. The molecule has 0 spiro atoms. The van der Waals surface area contributed by atoms with Crippen LogP contribution in [-0.4, -0.2) is 35.0 Å². The van der Waals surface area contributed by atoms with Crippen molar-refractivity contribution in [2.75, 3.05) is 19.4 Å². The van der Waals surface area contributed by atoms with Crippen molar-refractivity contribution in [2.24, 2.45) is 5.73 Å². The van der Waals surface area contributed by atoms with E-state index in [9.17, 15) is 9.65 Å². The quantitative estimate of drug-likeness (QED) is 0.161. The third-order valence-corrected chi connectivity index (χ3v) is 6.87. The fraction of sp³-hybridized carbons (Fsp3) is 0.514. The zero-order valence-electron chi connectivity index (χ0n) is 28.2. The van der Waals surface area contributed by atoms with E-state index in [0.29, 0.717) is 29.5 Å². The summed E-state index contributed by atoms with van der Waals surface area (Å²) in [5, 5.41) is 10.6. The van der Waals surface area contributed by atoms with E-state index in [0.717, 1.165) is 34.6 Å². The van der Waals surface area contributed by atoms with Gasteiger partial charge in [-0.2, -0.15) is 5.26 Å². The van der Waals surface area contributed by atoms with E-state index in [1.165, 1.54) is 18.7 Å². The lowest BCUT2D eigenvalue weighted by Gasteiger charge is -2.28. The molecule has 0 fully saturated rings. The van der Waals surface area contributed by atoms with Gasteiger partial charge in [-0.1, -0.05) is 98.7 Å². The van der Waals surface area contributed by atoms with Crippen molar-refractivity contribution in [3.05, 3.63) is 76.6 Å². The predicted molar refractivity (Wildman–Crippen MR) is 180 cm³/mol. The summed E-state index contributed by atoms with van der Waals surface area (Å²) >= 11 is 1.49. The van der Waals surface area contributed by atoms with Gasteiger partial charge in [0.1, 0.15) is 30.8 Å². The molecule has 2 N–H and O–H groups in total. The van der Waals surface area contributed by atoms with Gasteiger partial charge in [-0.05, 0) is 60.6 Å². The molecule has 3 rings (SSSR count). The molecule has 0 aliphatic carbocycles. The molecule has 8 heteroatoms. The molecule has 1 heterocycles. The second kappa shape index (κ2) is 20.7. The second-order valence-electron chi connectivity index (χ2n) is 9.75. The van der Waals surface area contributed by atoms with Crippen LogP contribution in [0.15, 0.2) is 53.8 Å². The van der Waals surface area contributed by atoms with Gasteiger partial charge in [0.2, 0.25) is 0 Å². The zero-order valence-corrected chi connectivity index (χ0v) is 29.0. The maximum absolute atomic E-state index is 14.4. The highest BCUT2D eigenvalue weighted by Gasteiger charge is 2.28. The van der Waals surface area contributed by atoms with Crippen molar-refractivity contribution >= 4 is 11.8 Å². The van der Waals surface area contributed by atoms with Gasteiger partial charge in [-0.3, -0.25) is 0 Å². The molecule has 0 saturated carbocycles. The molecule has 43 heavy (non-hydrogen) atoms. The number of hydrogen-bond donors (Lipinski definition) is 1. The number of halogens is 1. The number of aromatic nitrogens is 2. The molecule has 6 nitrogen and oxygen atoms in total. The first-order valence-corrected chi connectivity index (χ1v) is 16.5. The van der Waals surface area contributed by atoms with E-state index >= 15 is 0 Å². The van der Waals surface area contributed by atoms with Crippen LogP contribution in [0.25, 0.3) is 0 Å². The highest BCUT2D eigenvalue weighted by Crippen LogP contribution is 2.37. The molecule has 0 amide bonds. The van der Waals surface area contributed by atoms with Crippen molar-refractivity contribution in [3.8, 4) is 17.6 Å². The van der Waals surface area contributed by atoms with Gasteiger partial charge in [0.05, 0.1) is 11.3 Å². The van der Waals surface area contributed by atoms with Crippen molar-refractivity contribution < 1.29 is 13.9 Å². The number of hydrogen-bond acceptors (Lipinski definition) is 7. The number of alkyl halides is 1. The monoisotopic (exact) mass is 612 g/mol. The number of rotatable bonds is 12. The summed E-state index contributed by atoms with van der Waals surface area (Å²) in [7, 11) is 0. The average Bonchev–Trinajstić information content (AvgIpc) is 3.06. The van der Waals surface area contributed by atoms with Crippen molar-refractivity contribution in [1.82, 2.24) is 9.97 Å².